The number of urea groups is 1. The van der Waals surface area contributed by atoms with Crippen molar-refractivity contribution in [1.82, 2.24) is 20.4 Å². The van der Waals surface area contributed by atoms with Gasteiger partial charge in [-0.05, 0) is 61.0 Å². The molecule has 0 saturated heterocycles. The summed E-state index contributed by atoms with van der Waals surface area (Å²) in [5, 5.41) is 9.35. The van der Waals surface area contributed by atoms with Crippen LogP contribution in [0.25, 0.3) is 16.3 Å². The molecule has 8 heteroatoms. The fraction of sp³-hybridized carbons (Fsp3) is 0.222. The van der Waals surface area contributed by atoms with Gasteiger partial charge < -0.3 is 14.6 Å². The molecule has 35 heavy (non-hydrogen) atoms. The average Bonchev–Trinajstić information content (AvgIpc) is 3.56. The number of hydrogen-bond acceptors (Lipinski definition) is 6. The number of hydrogen-bond donors (Lipinski definition) is 1. The molecule has 178 valence electrons. The van der Waals surface area contributed by atoms with Crippen molar-refractivity contribution in [3.63, 3.8) is 0 Å². The summed E-state index contributed by atoms with van der Waals surface area (Å²) in [6.07, 6.45) is 0. The van der Waals surface area contributed by atoms with Gasteiger partial charge in [0.25, 0.3) is 5.89 Å². The molecule has 0 spiro atoms. The number of nitrogens with zero attached hydrogens (tertiary/aromatic N) is 3. The second-order valence-electron chi connectivity index (χ2n) is 8.30. The van der Waals surface area contributed by atoms with Crippen molar-refractivity contribution < 1.29 is 14.1 Å². The molecule has 1 aliphatic rings. The number of ether oxygens (including phenoxy) is 1. The lowest BCUT2D eigenvalue weighted by molar-refractivity contribution is 0.203. The highest BCUT2D eigenvalue weighted by Crippen LogP contribution is 2.38. The van der Waals surface area contributed by atoms with Crippen molar-refractivity contribution >= 4 is 22.9 Å². The summed E-state index contributed by atoms with van der Waals surface area (Å²) in [7, 11) is 0. The van der Waals surface area contributed by atoms with E-state index in [0.29, 0.717) is 24.9 Å². The molecule has 1 aliphatic heterocycles. The number of thiophene rings is 1. The Morgan fingerprint density at radius 3 is 2.60 bits per heavy atom. The fourth-order valence-electron chi connectivity index (χ4n) is 4.22. The van der Waals surface area contributed by atoms with E-state index in [2.05, 4.69) is 10.5 Å². The number of aromatic nitrogens is 2. The topological polar surface area (TPSA) is 80.5 Å². The van der Waals surface area contributed by atoms with E-state index < -0.39 is 6.04 Å². The zero-order valence-corrected chi connectivity index (χ0v) is 20.6. The van der Waals surface area contributed by atoms with E-state index in [1.807, 2.05) is 86.8 Å². The van der Waals surface area contributed by atoms with Gasteiger partial charge in [0.2, 0.25) is 5.82 Å². The van der Waals surface area contributed by atoms with Gasteiger partial charge in [-0.2, -0.15) is 4.98 Å². The van der Waals surface area contributed by atoms with E-state index in [9.17, 15) is 4.79 Å². The molecule has 0 saturated carbocycles. The Hall–Kier alpha value is -3.91. The largest absolute Gasteiger partial charge is 0.494 e. The van der Waals surface area contributed by atoms with Gasteiger partial charge in [-0.1, -0.05) is 47.6 Å². The van der Waals surface area contributed by atoms with Crippen LogP contribution in [0.15, 0.2) is 76.3 Å². The highest BCUT2D eigenvalue weighted by molar-refractivity contribution is 7.13. The lowest BCUT2D eigenvalue weighted by Crippen LogP contribution is -2.45. The quantitative estimate of drug-likeness (QED) is 0.336. The molecule has 0 radical (unpaired) electrons. The predicted octanol–water partition coefficient (Wildman–Crippen LogP) is 6.20. The van der Waals surface area contributed by atoms with Crippen molar-refractivity contribution in [2.24, 2.45) is 0 Å². The molecule has 2 aromatic carbocycles. The molecular formula is C27H26N4O3S. The third kappa shape index (κ3) is 4.57. The summed E-state index contributed by atoms with van der Waals surface area (Å²) in [5.41, 5.74) is 4.66. The zero-order valence-electron chi connectivity index (χ0n) is 19.8. The van der Waals surface area contributed by atoms with E-state index in [1.54, 1.807) is 16.2 Å². The van der Waals surface area contributed by atoms with Crippen molar-refractivity contribution in [3.05, 3.63) is 94.3 Å². The maximum absolute atomic E-state index is 13.3. The molecular weight excluding hydrogens is 460 g/mol. The Bertz CT molecular complexity index is 1360. The first kappa shape index (κ1) is 22.9. The Kier molecular flexibility index (Phi) is 6.37. The minimum atomic E-state index is -0.442. The normalized spacial score (nSPS) is 15.9. The predicted molar refractivity (Wildman–Crippen MR) is 136 cm³/mol. The summed E-state index contributed by atoms with van der Waals surface area (Å²) in [6.45, 7) is 6.96. The number of amides is 2. The van der Waals surface area contributed by atoms with Crippen LogP contribution in [-0.2, 0) is 6.54 Å². The Morgan fingerprint density at radius 2 is 1.89 bits per heavy atom. The van der Waals surface area contributed by atoms with E-state index in [-0.39, 0.29) is 6.03 Å². The molecule has 2 aromatic heterocycles. The number of aryl methyl sites for hydroxylation is 1. The first-order chi connectivity index (χ1) is 17.0. The molecule has 0 bridgehead atoms. The van der Waals surface area contributed by atoms with Crippen LogP contribution >= 0.6 is 11.3 Å². The van der Waals surface area contributed by atoms with Gasteiger partial charge in [-0.3, -0.25) is 4.90 Å². The maximum Gasteiger partial charge on any atom is 0.322 e. The third-order valence-corrected chi connectivity index (χ3v) is 6.97. The van der Waals surface area contributed by atoms with E-state index in [0.717, 1.165) is 38.6 Å². The monoisotopic (exact) mass is 486 g/mol. The number of carbonyl (C=O) groups is 1. The van der Waals surface area contributed by atoms with E-state index in [1.165, 1.54) is 0 Å². The number of allylic oxidation sites excluding steroid dienone is 1. The standard InChI is InChI=1S/C27H26N4O3S/c1-4-33-21-13-11-19(12-14-21)24-23(26-29-25(30-34-26)22-10-7-15-35-22)18(3)31(27(32)28-24)16-20-9-6-5-8-17(20)2/h5-15,24H,4,16H2,1-3H3,(H,28,32). The van der Waals surface area contributed by atoms with E-state index in [4.69, 9.17) is 14.2 Å². The molecule has 1 atom stereocenters. The lowest BCUT2D eigenvalue weighted by Gasteiger charge is -2.35. The summed E-state index contributed by atoms with van der Waals surface area (Å²) >= 11 is 1.55. The van der Waals surface area contributed by atoms with Crippen LogP contribution in [0.5, 0.6) is 5.75 Å². The summed E-state index contributed by atoms with van der Waals surface area (Å²) in [4.78, 5) is 20.7. The molecule has 4 aromatic rings. The van der Waals surface area contributed by atoms with Crippen LogP contribution in [0.3, 0.4) is 0 Å². The van der Waals surface area contributed by atoms with Crippen LogP contribution in [-0.4, -0.2) is 27.7 Å². The third-order valence-electron chi connectivity index (χ3n) is 6.11. The summed E-state index contributed by atoms with van der Waals surface area (Å²) in [6, 6.07) is 19.1. The van der Waals surface area contributed by atoms with Crippen molar-refractivity contribution in [2.75, 3.05) is 6.61 Å². The Labute approximate surface area is 208 Å². The summed E-state index contributed by atoms with van der Waals surface area (Å²) < 4.78 is 11.3. The smallest absolute Gasteiger partial charge is 0.322 e. The molecule has 7 nitrogen and oxygen atoms in total. The minimum Gasteiger partial charge on any atom is -0.494 e. The van der Waals surface area contributed by atoms with E-state index >= 15 is 0 Å². The van der Waals surface area contributed by atoms with Crippen LogP contribution in [0, 0.1) is 6.92 Å². The fourth-order valence-corrected chi connectivity index (χ4v) is 4.87. The Balaban J connectivity index is 1.58. The van der Waals surface area contributed by atoms with Gasteiger partial charge in [0.05, 0.1) is 29.6 Å². The highest BCUT2D eigenvalue weighted by atomic mass is 32.1. The molecule has 2 amide bonds. The molecule has 1 N–H and O–H groups in total. The first-order valence-electron chi connectivity index (χ1n) is 11.5. The van der Waals surface area contributed by atoms with Gasteiger partial charge in [-0.25, -0.2) is 4.79 Å². The van der Waals surface area contributed by atoms with Gasteiger partial charge >= 0.3 is 6.03 Å². The van der Waals surface area contributed by atoms with Crippen molar-refractivity contribution in [2.45, 2.75) is 33.4 Å². The zero-order chi connectivity index (χ0) is 24.4. The summed E-state index contributed by atoms with van der Waals surface area (Å²) in [5.74, 6) is 1.70. The first-order valence-corrected chi connectivity index (χ1v) is 12.4. The van der Waals surface area contributed by atoms with Crippen LogP contribution < -0.4 is 10.1 Å². The number of rotatable bonds is 7. The molecule has 5 rings (SSSR count). The van der Waals surface area contributed by atoms with Crippen molar-refractivity contribution in [1.29, 1.82) is 0 Å². The van der Waals surface area contributed by atoms with Gasteiger partial charge in [0.1, 0.15) is 5.75 Å². The molecule has 0 aliphatic carbocycles. The molecule has 1 unspecified atom stereocenters. The second-order valence-corrected chi connectivity index (χ2v) is 9.24. The van der Waals surface area contributed by atoms with Crippen LogP contribution in [0.1, 0.15) is 42.5 Å². The van der Waals surface area contributed by atoms with Crippen molar-refractivity contribution in [3.8, 4) is 16.5 Å². The Morgan fingerprint density at radius 1 is 1.09 bits per heavy atom. The number of nitrogens with one attached hydrogen (secondary N) is 1. The number of benzene rings is 2. The highest BCUT2D eigenvalue weighted by Gasteiger charge is 2.36. The molecule has 3 heterocycles. The van der Waals surface area contributed by atoms with Gasteiger partial charge in [0.15, 0.2) is 0 Å². The maximum atomic E-state index is 13.3. The SMILES string of the molecule is CCOc1ccc(C2NC(=O)N(Cc3ccccc3C)C(C)=C2c2nc(-c3cccs3)no2)cc1. The average molecular weight is 487 g/mol. The van der Waals surface area contributed by atoms with Gasteiger partial charge in [-0.15, -0.1) is 11.3 Å². The number of carbonyl (C=O) groups excluding carboxylic acids is 1. The van der Waals surface area contributed by atoms with Gasteiger partial charge in [0, 0.05) is 5.70 Å². The minimum absolute atomic E-state index is 0.175. The lowest BCUT2D eigenvalue weighted by atomic mass is 9.94. The van der Waals surface area contributed by atoms with Crippen LogP contribution in [0.4, 0.5) is 4.79 Å². The van der Waals surface area contributed by atoms with Crippen LogP contribution in [0.2, 0.25) is 0 Å². The molecule has 0 fully saturated rings. The second kappa shape index (κ2) is 9.76.